The number of anilines is 2. The average Bonchev–Trinajstić information content (AvgIpc) is 2.08. The van der Waals surface area contributed by atoms with E-state index in [9.17, 15) is 9.18 Å². The van der Waals surface area contributed by atoms with Crippen molar-refractivity contribution >= 4 is 17.3 Å². The van der Waals surface area contributed by atoms with Crippen molar-refractivity contribution in [2.45, 2.75) is 0 Å². The summed E-state index contributed by atoms with van der Waals surface area (Å²) in [4.78, 5) is 10.7. The first-order chi connectivity index (χ1) is 6.07. The summed E-state index contributed by atoms with van der Waals surface area (Å²) in [5, 5.41) is 11.3. The van der Waals surface area contributed by atoms with Crippen LogP contribution in [0.5, 0.6) is 0 Å². The van der Waals surface area contributed by atoms with Crippen molar-refractivity contribution in [1.82, 2.24) is 0 Å². The number of benzene rings is 1. The molecule has 5 heteroatoms. The van der Waals surface area contributed by atoms with Gasteiger partial charge in [0.1, 0.15) is 11.4 Å². The van der Waals surface area contributed by atoms with Crippen molar-refractivity contribution in [2.75, 3.05) is 18.1 Å². The molecule has 0 fully saturated rings. The van der Waals surface area contributed by atoms with Gasteiger partial charge in [0.05, 0.1) is 11.4 Å². The summed E-state index contributed by atoms with van der Waals surface area (Å²) < 4.78 is 12.8. The van der Waals surface area contributed by atoms with Gasteiger partial charge in [0.2, 0.25) is 0 Å². The molecular weight excluding hydrogens is 175 g/mol. The fraction of sp³-hybridized carbons (Fsp3) is 0.125. The van der Waals surface area contributed by atoms with Gasteiger partial charge in [-0.05, 0) is 12.1 Å². The summed E-state index contributed by atoms with van der Waals surface area (Å²) in [5.41, 5.74) is 4.98. The minimum Gasteiger partial charge on any atom is -0.478 e. The predicted octanol–water partition coefficient (Wildman–Crippen LogP) is 1.15. The summed E-state index contributed by atoms with van der Waals surface area (Å²) in [5.74, 6) is -1.97. The number of nitrogen functional groups attached to an aromatic ring is 1. The van der Waals surface area contributed by atoms with Gasteiger partial charge in [-0.3, -0.25) is 0 Å². The number of carboxylic acid groups (broad SMARTS) is 1. The Bertz CT molecular complexity index is 352. The lowest BCUT2D eigenvalue weighted by atomic mass is 10.1. The highest BCUT2D eigenvalue weighted by atomic mass is 19.1. The van der Waals surface area contributed by atoms with Gasteiger partial charge in [-0.2, -0.15) is 0 Å². The molecule has 4 N–H and O–H groups in total. The molecule has 0 aliphatic rings. The predicted molar refractivity (Wildman–Crippen MR) is 47.3 cm³/mol. The Labute approximate surface area is 74.2 Å². The van der Waals surface area contributed by atoms with Crippen molar-refractivity contribution in [1.29, 1.82) is 0 Å². The molecule has 0 heterocycles. The SMILES string of the molecule is CNc1ccc(F)c(N)c1C(=O)O. The standard InChI is InChI=1S/C8H9FN2O2/c1-11-5-3-2-4(9)7(10)6(5)8(12)13/h2-3,11H,10H2,1H3,(H,12,13). The first-order valence-corrected chi connectivity index (χ1v) is 3.57. The Morgan fingerprint density at radius 3 is 2.69 bits per heavy atom. The third-order valence-electron chi connectivity index (χ3n) is 1.68. The van der Waals surface area contributed by atoms with Crippen LogP contribution in [0.2, 0.25) is 0 Å². The average molecular weight is 184 g/mol. The van der Waals surface area contributed by atoms with Gasteiger partial charge >= 0.3 is 5.97 Å². The van der Waals surface area contributed by atoms with Crippen LogP contribution in [0.25, 0.3) is 0 Å². The quantitative estimate of drug-likeness (QED) is 0.602. The summed E-state index contributed by atoms with van der Waals surface area (Å²) in [6.45, 7) is 0. The Morgan fingerprint density at radius 1 is 1.62 bits per heavy atom. The number of hydrogen-bond acceptors (Lipinski definition) is 3. The molecule has 0 saturated heterocycles. The number of rotatable bonds is 2. The van der Waals surface area contributed by atoms with E-state index in [1.165, 1.54) is 6.07 Å². The molecule has 0 saturated carbocycles. The van der Waals surface area contributed by atoms with Gasteiger partial charge in [0.15, 0.2) is 0 Å². The molecule has 0 bridgehead atoms. The second-order valence-corrected chi connectivity index (χ2v) is 2.44. The van der Waals surface area contributed by atoms with Gasteiger partial charge in [-0.15, -0.1) is 0 Å². The lowest BCUT2D eigenvalue weighted by molar-refractivity contribution is 0.0698. The molecule has 0 radical (unpaired) electrons. The highest BCUT2D eigenvalue weighted by Crippen LogP contribution is 2.24. The van der Waals surface area contributed by atoms with E-state index < -0.39 is 11.8 Å². The zero-order valence-electron chi connectivity index (χ0n) is 6.97. The van der Waals surface area contributed by atoms with Crippen LogP contribution < -0.4 is 11.1 Å². The normalized spacial score (nSPS) is 9.69. The second kappa shape index (κ2) is 3.30. The van der Waals surface area contributed by atoms with Crippen LogP contribution >= 0.6 is 0 Å². The molecule has 0 unspecified atom stereocenters. The maximum Gasteiger partial charge on any atom is 0.340 e. The Balaban J connectivity index is 3.41. The lowest BCUT2D eigenvalue weighted by Gasteiger charge is -2.08. The lowest BCUT2D eigenvalue weighted by Crippen LogP contribution is -2.08. The van der Waals surface area contributed by atoms with Gasteiger partial charge in [-0.25, -0.2) is 9.18 Å². The fourth-order valence-electron chi connectivity index (χ4n) is 1.03. The molecular formula is C8H9FN2O2. The Morgan fingerprint density at radius 2 is 2.23 bits per heavy atom. The molecule has 0 amide bonds. The number of nitrogens with one attached hydrogen (secondary N) is 1. The number of nitrogens with two attached hydrogens (primary N) is 1. The van der Waals surface area contributed by atoms with Crippen LogP contribution in [0.1, 0.15) is 10.4 Å². The van der Waals surface area contributed by atoms with Crippen molar-refractivity contribution in [3.63, 3.8) is 0 Å². The van der Waals surface area contributed by atoms with Crippen molar-refractivity contribution in [2.24, 2.45) is 0 Å². The molecule has 0 spiro atoms. The van der Waals surface area contributed by atoms with E-state index in [2.05, 4.69) is 5.32 Å². The van der Waals surface area contributed by atoms with Crippen molar-refractivity contribution in [3.05, 3.63) is 23.5 Å². The van der Waals surface area contributed by atoms with Crippen LogP contribution in [0.15, 0.2) is 12.1 Å². The third-order valence-corrected chi connectivity index (χ3v) is 1.68. The Hall–Kier alpha value is -1.78. The summed E-state index contributed by atoms with van der Waals surface area (Å²) in [6, 6.07) is 2.45. The molecule has 1 rings (SSSR count). The summed E-state index contributed by atoms with van der Waals surface area (Å²) in [6.07, 6.45) is 0. The summed E-state index contributed by atoms with van der Waals surface area (Å²) >= 11 is 0. The number of hydrogen-bond donors (Lipinski definition) is 3. The molecule has 1 aromatic carbocycles. The van der Waals surface area contributed by atoms with E-state index in [0.29, 0.717) is 5.69 Å². The first kappa shape index (κ1) is 9.31. The highest BCUT2D eigenvalue weighted by molar-refractivity contribution is 5.99. The van der Waals surface area contributed by atoms with E-state index in [-0.39, 0.29) is 11.3 Å². The number of aromatic carboxylic acids is 1. The third kappa shape index (κ3) is 1.53. The van der Waals surface area contributed by atoms with Crippen LogP contribution in [-0.2, 0) is 0 Å². The van der Waals surface area contributed by atoms with E-state index >= 15 is 0 Å². The molecule has 13 heavy (non-hydrogen) atoms. The highest BCUT2D eigenvalue weighted by Gasteiger charge is 2.16. The largest absolute Gasteiger partial charge is 0.478 e. The molecule has 0 aliphatic carbocycles. The van der Waals surface area contributed by atoms with Gasteiger partial charge in [0.25, 0.3) is 0 Å². The van der Waals surface area contributed by atoms with Crippen LogP contribution in [0.4, 0.5) is 15.8 Å². The van der Waals surface area contributed by atoms with Gasteiger partial charge < -0.3 is 16.2 Å². The topological polar surface area (TPSA) is 75.3 Å². The number of halogens is 1. The molecule has 0 aromatic heterocycles. The minimum absolute atomic E-state index is 0.234. The van der Waals surface area contributed by atoms with E-state index in [4.69, 9.17) is 10.8 Å². The monoisotopic (exact) mass is 184 g/mol. The molecule has 0 aliphatic heterocycles. The zero-order chi connectivity index (χ0) is 10.0. The Kier molecular flexibility index (Phi) is 2.36. The van der Waals surface area contributed by atoms with E-state index in [1.807, 2.05) is 0 Å². The van der Waals surface area contributed by atoms with E-state index in [0.717, 1.165) is 6.07 Å². The first-order valence-electron chi connectivity index (χ1n) is 3.57. The summed E-state index contributed by atoms with van der Waals surface area (Å²) in [7, 11) is 1.54. The maximum absolute atomic E-state index is 12.8. The fourth-order valence-corrected chi connectivity index (χ4v) is 1.03. The van der Waals surface area contributed by atoms with Crippen molar-refractivity contribution < 1.29 is 14.3 Å². The molecule has 0 atom stereocenters. The molecule has 1 aromatic rings. The second-order valence-electron chi connectivity index (χ2n) is 2.44. The maximum atomic E-state index is 12.8. The van der Waals surface area contributed by atoms with Crippen LogP contribution in [0, 0.1) is 5.82 Å². The zero-order valence-corrected chi connectivity index (χ0v) is 6.97. The minimum atomic E-state index is -1.25. The van der Waals surface area contributed by atoms with Crippen LogP contribution in [-0.4, -0.2) is 18.1 Å². The molecule has 70 valence electrons. The van der Waals surface area contributed by atoms with E-state index in [1.54, 1.807) is 7.05 Å². The molecule has 4 nitrogen and oxygen atoms in total. The van der Waals surface area contributed by atoms with Crippen LogP contribution in [0.3, 0.4) is 0 Å². The number of carbonyl (C=O) groups is 1. The van der Waals surface area contributed by atoms with Gasteiger partial charge in [-0.1, -0.05) is 0 Å². The van der Waals surface area contributed by atoms with Gasteiger partial charge in [0, 0.05) is 7.05 Å². The van der Waals surface area contributed by atoms with Crippen molar-refractivity contribution in [3.8, 4) is 0 Å². The number of carboxylic acids is 1. The smallest absolute Gasteiger partial charge is 0.340 e.